The molecular formula is C19H18N2OS. The van der Waals surface area contributed by atoms with Crippen LogP contribution in [0, 0.1) is 20.8 Å². The summed E-state index contributed by atoms with van der Waals surface area (Å²) in [5, 5.41) is 2.03. The van der Waals surface area contributed by atoms with Crippen molar-refractivity contribution in [3.05, 3.63) is 81.1 Å². The lowest BCUT2D eigenvalue weighted by Crippen LogP contribution is -2.17. The van der Waals surface area contributed by atoms with Crippen LogP contribution >= 0.6 is 11.3 Å². The maximum Gasteiger partial charge on any atom is 0.279 e. The zero-order valence-electron chi connectivity index (χ0n) is 13.4. The standard InChI is InChI=1S/C19H18N2OS/c1-13-8-7-11-17(15(13)3)21-14(2)12-23-19(21)20-18(22)16-9-5-4-6-10-16/h4-12H,1-3H3. The predicted octanol–water partition coefficient (Wildman–Crippen LogP) is 4.21. The second-order valence-corrected chi connectivity index (χ2v) is 6.33. The second-order valence-electron chi connectivity index (χ2n) is 5.50. The highest BCUT2D eigenvalue weighted by atomic mass is 32.1. The van der Waals surface area contributed by atoms with Gasteiger partial charge in [-0.3, -0.25) is 9.36 Å². The Hall–Kier alpha value is -2.46. The van der Waals surface area contributed by atoms with Gasteiger partial charge in [-0.05, 0) is 50.1 Å². The molecule has 0 radical (unpaired) electrons. The lowest BCUT2D eigenvalue weighted by Gasteiger charge is -2.11. The average molecular weight is 322 g/mol. The molecule has 116 valence electrons. The molecule has 0 atom stereocenters. The Morgan fingerprint density at radius 2 is 1.74 bits per heavy atom. The maximum absolute atomic E-state index is 12.4. The highest BCUT2D eigenvalue weighted by Gasteiger charge is 2.10. The highest BCUT2D eigenvalue weighted by Crippen LogP contribution is 2.18. The molecule has 0 fully saturated rings. The summed E-state index contributed by atoms with van der Waals surface area (Å²) in [5.41, 5.74) is 5.17. The molecule has 23 heavy (non-hydrogen) atoms. The van der Waals surface area contributed by atoms with E-state index in [0.29, 0.717) is 10.4 Å². The molecule has 1 aromatic heterocycles. The maximum atomic E-state index is 12.4. The third kappa shape index (κ3) is 3.03. The van der Waals surface area contributed by atoms with Gasteiger partial charge in [-0.1, -0.05) is 30.3 Å². The van der Waals surface area contributed by atoms with E-state index in [1.54, 1.807) is 12.1 Å². The van der Waals surface area contributed by atoms with Crippen molar-refractivity contribution < 1.29 is 4.79 Å². The third-order valence-electron chi connectivity index (χ3n) is 3.91. The zero-order valence-corrected chi connectivity index (χ0v) is 14.2. The SMILES string of the molecule is Cc1cccc(-n2c(C)csc2=NC(=O)c2ccccc2)c1C. The molecule has 1 amide bonds. The smallest absolute Gasteiger partial charge is 0.279 e. The Labute approximate surface area is 139 Å². The Morgan fingerprint density at radius 1 is 1.00 bits per heavy atom. The second kappa shape index (κ2) is 6.34. The number of nitrogens with zero attached hydrogens (tertiary/aromatic N) is 2. The van der Waals surface area contributed by atoms with Gasteiger partial charge in [0.25, 0.3) is 5.91 Å². The number of benzene rings is 2. The van der Waals surface area contributed by atoms with E-state index in [-0.39, 0.29) is 5.91 Å². The highest BCUT2D eigenvalue weighted by molar-refractivity contribution is 7.07. The van der Waals surface area contributed by atoms with Crippen LogP contribution in [0.3, 0.4) is 0 Å². The molecule has 0 saturated heterocycles. The fraction of sp³-hybridized carbons (Fsp3) is 0.158. The van der Waals surface area contributed by atoms with Crippen molar-refractivity contribution in [3.63, 3.8) is 0 Å². The Bertz CT molecular complexity index is 920. The first-order valence-electron chi connectivity index (χ1n) is 7.46. The van der Waals surface area contributed by atoms with Gasteiger partial charge in [-0.25, -0.2) is 0 Å². The van der Waals surface area contributed by atoms with Crippen molar-refractivity contribution in [1.29, 1.82) is 0 Å². The van der Waals surface area contributed by atoms with Crippen molar-refractivity contribution in [1.82, 2.24) is 4.57 Å². The molecule has 0 saturated carbocycles. The van der Waals surface area contributed by atoms with Crippen molar-refractivity contribution >= 4 is 17.2 Å². The summed E-state index contributed by atoms with van der Waals surface area (Å²) in [4.78, 5) is 17.4. The fourth-order valence-corrected chi connectivity index (χ4v) is 3.34. The van der Waals surface area contributed by atoms with E-state index in [0.717, 1.165) is 11.4 Å². The molecule has 0 N–H and O–H groups in total. The number of rotatable bonds is 2. The van der Waals surface area contributed by atoms with Crippen LogP contribution in [-0.4, -0.2) is 10.5 Å². The topological polar surface area (TPSA) is 34.4 Å². The summed E-state index contributed by atoms with van der Waals surface area (Å²) >= 11 is 1.48. The summed E-state index contributed by atoms with van der Waals surface area (Å²) in [6.07, 6.45) is 0. The van der Waals surface area contributed by atoms with Gasteiger partial charge >= 0.3 is 0 Å². The summed E-state index contributed by atoms with van der Waals surface area (Å²) in [5.74, 6) is -0.216. The van der Waals surface area contributed by atoms with Crippen molar-refractivity contribution in [3.8, 4) is 5.69 Å². The van der Waals surface area contributed by atoms with Gasteiger partial charge in [0.2, 0.25) is 0 Å². The quantitative estimate of drug-likeness (QED) is 0.696. The number of hydrogen-bond donors (Lipinski definition) is 0. The molecular weight excluding hydrogens is 304 g/mol. The van der Waals surface area contributed by atoms with Crippen LogP contribution in [-0.2, 0) is 0 Å². The molecule has 0 spiro atoms. The number of thiazole rings is 1. The van der Waals surface area contributed by atoms with E-state index in [1.165, 1.54) is 22.5 Å². The largest absolute Gasteiger partial charge is 0.289 e. The normalized spacial score (nSPS) is 11.7. The molecule has 0 aliphatic carbocycles. The van der Waals surface area contributed by atoms with E-state index in [4.69, 9.17) is 0 Å². The Morgan fingerprint density at radius 3 is 2.48 bits per heavy atom. The van der Waals surface area contributed by atoms with Crippen LogP contribution in [0.25, 0.3) is 5.69 Å². The summed E-state index contributed by atoms with van der Waals surface area (Å²) in [6.45, 7) is 6.22. The summed E-state index contributed by atoms with van der Waals surface area (Å²) in [7, 11) is 0. The Balaban J connectivity index is 2.15. The lowest BCUT2D eigenvalue weighted by atomic mass is 10.1. The van der Waals surface area contributed by atoms with Gasteiger partial charge in [-0.15, -0.1) is 11.3 Å². The predicted molar refractivity (Wildman–Crippen MR) is 94.2 cm³/mol. The molecule has 3 nitrogen and oxygen atoms in total. The molecule has 3 aromatic rings. The van der Waals surface area contributed by atoms with Crippen molar-refractivity contribution in [2.24, 2.45) is 4.99 Å². The van der Waals surface area contributed by atoms with Crippen LogP contribution < -0.4 is 4.80 Å². The molecule has 0 unspecified atom stereocenters. The van der Waals surface area contributed by atoms with Gasteiger partial charge < -0.3 is 0 Å². The molecule has 0 bridgehead atoms. The fourth-order valence-electron chi connectivity index (χ4n) is 2.47. The first kappa shape index (κ1) is 15.4. The minimum atomic E-state index is -0.216. The number of aromatic nitrogens is 1. The number of carbonyl (C=O) groups excluding carboxylic acids is 1. The monoisotopic (exact) mass is 322 g/mol. The van der Waals surface area contributed by atoms with E-state index in [9.17, 15) is 4.79 Å². The van der Waals surface area contributed by atoms with Crippen LogP contribution in [0.2, 0.25) is 0 Å². The molecule has 2 aromatic carbocycles. The first-order chi connectivity index (χ1) is 11.1. The average Bonchev–Trinajstić information content (AvgIpc) is 2.91. The van der Waals surface area contributed by atoms with E-state index < -0.39 is 0 Å². The van der Waals surface area contributed by atoms with Gasteiger partial charge in [0.1, 0.15) is 0 Å². The van der Waals surface area contributed by atoms with Crippen LogP contribution in [0.4, 0.5) is 0 Å². The van der Waals surface area contributed by atoms with Crippen molar-refractivity contribution in [2.45, 2.75) is 20.8 Å². The van der Waals surface area contributed by atoms with Crippen LogP contribution in [0.1, 0.15) is 27.2 Å². The third-order valence-corrected chi connectivity index (χ3v) is 4.86. The van der Waals surface area contributed by atoms with Gasteiger partial charge in [0.05, 0.1) is 5.69 Å². The number of carbonyl (C=O) groups is 1. The molecule has 4 heteroatoms. The van der Waals surface area contributed by atoms with Crippen LogP contribution in [0.5, 0.6) is 0 Å². The Kier molecular flexibility index (Phi) is 4.26. The minimum Gasteiger partial charge on any atom is -0.289 e. The number of amides is 1. The van der Waals surface area contributed by atoms with Crippen molar-refractivity contribution in [2.75, 3.05) is 0 Å². The van der Waals surface area contributed by atoms with Gasteiger partial charge in [-0.2, -0.15) is 4.99 Å². The van der Waals surface area contributed by atoms with Gasteiger partial charge in [0.15, 0.2) is 4.80 Å². The summed E-state index contributed by atoms with van der Waals surface area (Å²) in [6, 6.07) is 15.3. The van der Waals surface area contributed by atoms with Gasteiger partial charge in [0, 0.05) is 16.6 Å². The minimum absolute atomic E-state index is 0.216. The molecule has 0 aliphatic rings. The lowest BCUT2D eigenvalue weighted by molar-refractivity contribution is 0.0998. The van der Waals surface area contributed by atoms with E-state index >= 15 is 0 Å². The first-order valence-corrected chi connectivity index (χ1v) is 8.34. The molecule has 3 rings (SSSR count). The number of hydrogen-bond acceptors (Lipinski definition) is 2. The molecule has 0 aliphatic heterocycles. The summed E-state index contributed by atoms with van der Waals surface area (Å²) < 4.78 is 2.05. The van der Waals surface area contributed by atoms with E-state index in [1.807, 2.05) is 41.1 Å². The van der Waals surface area contributed by atoms with Crippen LogP contribution in [0.15, 0.2) is 58.9 Å². The zero-order chi connectivity index (χ0) is 16.4. The number of aryl methyl sites for hydroxylation is 2. The molecule has 1 heterocycles. The van der Waals surface area contributed by atoms with E-state index in [2.05, 4.69) is 31.0 Å².